The van der Waals surface area contributed by atoms with E-state index in [-0.39, 0.29) is 11.1 Å². The van der Waals surface area contributed by atoms with Gasteiger partial charge in [0, 0.05) is 22.3 Å². The van der Waals surface area contributed by atoms with E-state index < -0.39 is 23.1 Å². The fraction of sp³-hybridized carbons (Fsp3) is 0.158. The van der Waals surface area contributed by atoms with Crippen LogP contribution in [0.15, 0.2) is 121 Å². The number of esters is 2. The molecular weight excluding hydrogens is 520 g/mol. The first-order valence-corrected chi connectivity index (χ1v) is 14.1. The number of hydrogen-bond acceptors (Lipinski definition) is 4. The number of benzene rings is 5. The van der Waals surface area contributed by atoms with Crippen LogP contribution in [0.5, 0.6) is 0 Å². The molecule has 1 atom stereocenters. The summed E-state index contributed by atoms with van der Waals surface area (Å²) >= 11 is 0. The van der Waals surface area contributed by atoms with E-state index in [4.69, 9.17) is 9.47 Å². The number of ether oxygens (including phenoxy) is 2. The minimum absolute atomic E-state index is 0.161. The van der Waals surface area contributed by atoms with Crippen LogP contribution in [0.25, 0.3) is 0 Å². The first-order valence-electron chi connectivity index (χ1n) is 14.1. The fourth-order valence-electron chi connectivity index (χ4n) is 6.32. The van der Waals surface area contributed by atoms with Crippen LogP contribution in [0.3, 0.4) is 0 Å². The molecule has 4 heteroatoms. The van der Waals surface area contributed by atoms with Gasteiger partial charge in [0.15, 0.2) is 0 Å². The van der Waals surface area contributed by atoms with Gasteiger partial charge in [-0.3, -0.25) is 0 Å². The molecule has 4 nitrogen and oxygen atoms in total. The number of aryl methyl sites for hydroxylation is 1. The summed E-state index contributed by atoms with van der Waals surface area (Å²) in [6.45, 7) is 8.28. The van der Waals surface area contributed by atoms with E-state index >= 15 is 0 Å². The highest BCUT2D eigenvalue weighted by Gasteiger charge is 2.64. The van der Waals surface area contributed by atoms with Gasteiger partial charge >= 0.3 is 11.9 Å². The van der Waals surface area contributed by atoms with Crippen molar-refractivity contribution in [3.05, 3.63) is 177 Å². The lowest BCUT2D eigenvalue weighted by molar-refractivity contribution is -0.131. The molecule has 1 aliphatic rings. The molecule has 42 heavy (non-hydrogen) atoms. The Labute approximate surface area is 246 Å². The molecule has 1 unspecified atom stereocenters. The Morgan fingerprint density at radius 3 is 1.29 bits per heavy atom. The Hall–Kier alpha value is -4.96. The standard InChI is InChI=1S/C38H32O4/c1-25-24-34(28(4)27(3)26(25)2)38(31-20-12-7-13-21-31)37(29-16-8-5-9-17-29,30-18-10-6-11-19-30)41-35(39)32-22-14-15-23-33(32)36(40)42-38/h5-24H,1-4H3. The molecule has 5 aromatic rings. The highest BCUT2D eigenvalue weighted by Crippen LogP contribution is 2.57. The Kier molecular flexibility index (Phi) is 6.78. The summed E-state index contributed by atoms with van der Waals surface area (Å²) in [6, 6.07) is 37.6. The molecule has 6 rings (SSSR count). The van der Waals surface area contributed by atoms with Crippen molar-refractivity contribution in [3.63, 3.8) is 0 Å². The topological polar surface area (TPSA) is 52.6 Å². The van der Waals surface area contributed by atoms with Crippen LogP contribution >= 0.6 is 0 Å². The van der Waals surface area contributed by atoms with E-state index in [0.717, 1.165) is 27.8 Å². The van der Waals surface area contributed by atoms with Gasteiger partial charge in [-0.15, -0.1) is 0 Å². The van der Waals surface area contributed by atoms with Crippen molar-refractivity contribution in [2.45, 2.75) is 38.9 Å². The molecule has 0 saturated heterocycles. The third kappa shape index (κ3) is 3.98. The third-order valence-corrected chi connectivity index (χ3v) is 8.76. The molecule has 0 spiro atoms. The van der Waals surface area contributed by atoms with E-state index in [9.17, 15) is 9.59 Å². The number of cyclic esters (lactones) is 2. The molecule has 0 aliphatic carbocycles. The zero-order valence-electron chi connectivity index (χ0n) is 24.2. The average Bonchev–Trinajstić information content (AvgIpc) is 3.04. The number of carbonyl (C=O) groups is 2. The SMILES string of the molecule is Cc1cc(C2(c3ccccc3)OC(=O)c3ccccc3C(=O)OC2(c2ccccc2)c2ccccc2)c(C)c(C)c1C. The number of carbonyl (C=O) groups excluding carboxylic acids is 2. The lowest BCUT2D eigenvalue weighted by Gasteiger charge is -2.51. The monoisotopic (exact) mass is 552 g/mol. The van der Waals surface area contributed by atoms with Crippen molar-refractivity contribution in [2.75, 3.05) is 0 Å². The van der Waals surface area contributed by atoms with E-state index in [1.54, 1.807) is 24.3 Å². The zero-order chi connectivity index (χ0) is 29.5. The predicted molar refractivity (Wildman–Crippen MR) is 164 cm³/mol. The third-order valence-electron chi connectivity index (χ3n) is 8.76. The van der Waals surface area contributed by atoms with Gasteiger partial charge < -0.3 is 9.47 Å². The van der Waals surface area contributed by atoms with Gasteiger partial charge in [0.2, 0.25) is 11.2 Å². The molecule has 1 heterocycles. The normalized spacial score (nSPS) is 17.8. The molecular formula is C38H32O4. The van der Waals surface area contributed by atoms with Crippen molar-refractivity contribution >= 4 is 11.9 Å². The first-order chi connectivity index (χ1) is 20.3. The van der Waals surface area contributed by atoms with Gasteiger partial charge in [-0.1, -0.05) is 109 Å². The zero-order valence-corrected chi connectivity index (χ0v) is 24.2. The molecule has 0 N–H and O–H groups in total. The van der Waals surface area contributed by atoms with Crippen LogP contribution in [0, 0.1) is 27.7 Å². The molecule has 0 bridgehead atoms. The first kappa shape index (κ1) is 27.2. The quantitative estimate of drug-likeness (QED) is 0.211. The molecule has 5 aromatic carbocycles. The summed E-state index contributed by atoms with van der Waals surface area (Å²) in [5, 5.41) is 0. The molecule has 0 radical (unpaired) electrons. The van der Waals surface area contributed by atoms with Gasteiger partial charge in [-0.2, -0.15) is 0 Å². The minimum atomic E-state index is -1.62. The van der Waals surface area contributed by atoms with E-state index in [1.165, 1.54) is 0 Å². The fourth-order valence-corrected chi connectivity index (χ4v) is 6.32. The van der Waals surface area contributed by atoms with Crippen molar-refractivity contribution in [1.29, 1.82) is 0 Å². The number of rotatable bonds is 4. The lowest BCUT2D eigenvalue weighted by atomic mass is 9.64. The van der Waals surface area contributed by atoms with E-state index in [0.29, 0.717) is 16.7 Å². The van der Waals surface area contributed by atoms with Crippen molar-refractivity contribution in [2.24, 2.45) is 0 Å². The average molecular weight is 553 g/mol. The molecule has 0 saturated carbocycles. The van der Waals surface area contributed by atoms with Crippen LogP contribution in [0.1, 0.15) is 65.2 Å². The van der Waals surface area contributed by atoms with Crippen LogP contribution in [-0.4, -0.2) is 11.9 Å². The Bertz CT molecular complexity index is 1750. The van der Waals surface area contributed by atoms with Gasteiger partial charge in [0.05, 0.1) is 11.1 Å². The van der Waals surface area contributed by atoms with E-state index in [1.807, 2.05) is 97.9 Å². The molecule has 0 aromatic heterocycles. The largest absolute Gasteiger partial charge is 0.440 e. The molecule has 0 amide bonds. The minimum Gasteiger partial charge on any atom is -0.440 e. The lowest BCUT2D eigenvalue weighted by Crippen LogP contribution is -2.57. The van der Waals surface area contributed by atoms with Gasteiger partial charge in [-0.25, -0.2) is 9.59 Å². The summed E-state index contributed by atoms with van der Waals surface area (Å²) in [5.41, 5.74) is 4.12. The molecule has 208 valence electrons. The van der Waals surface area contributed by atoms with Crippen molar-refractivity contribution in [3.8, 4) is 0 Å². The maximum Gasteiger partial charge on any atom is 0.340 e. The second-order valence-corrected chi connectivity index (χ2v) is 10.9. The van der Waals surface area contributed by atoms with Crippen LogP contribution < -0.4 is 0 Å². The van der Waals surface area contributed by atoms with Gasteiger partial charge in [0.25, 0.3) is 0 Å². The maximum absolute atomic E-state index is 14.4. The maximum atomic E-state index is 14.4. The Balaban J connectivity index is 1.89. The Morgan fingerprint density at radius 2 is 0.833 bits per heavy atom. The Morgan fingerprint density at radius 1 is 0.452 bits per heavy atom. The van der Waals surface area contributed by atoms with Crippen LogP contribution in [0.4, 0.5) is 0 Å². The van der Waals surface area contributed by atoms with Crippen molar-refractivity contribution in [1.82, 2.24) is 0 Å². The predicted octanol–water partition coefficient (Wildman–Crippen LogP) is 8.14. The second kappa shape index (κ2) is 10.5. The second-order valence-electron chi connectivity index (χ2n) is 10.9. The van der Waals surface area contributed by atoms with Crippen molar-refractivity contribution < 1.29 is 19.1 Å². The van der Waals surface area contributed by atoms with E-state index in [2.05, 4.69) is 26.8 Å². The smallest absolute Gasteiger partial charge is 0.340 e. The summed E-state index contributed by atoms with van der Waals surface area (Å²) < 4.78 is 13.9. The van der Waals surface area contributed by atoms with Crippen LogP contribution in [0.2, 0.25) is 0 Å². The number of hydrogen-bond donors (Lipinski definition) is 0. The number of fused-ring (bicyclic) bond motifs is 1. The highest BCUT2D eigenvalue weighted by atomic mass is 16.6. The summed E-state index contributed by atoms with van der Waals surface area (Å²) in [7, 11) is 0. The molecule has 0 fully saturated rings. The summed E-state index contributed by atoms with van der Waals surface area (Å²) in [4.78, 5) is 28.8. The molecule has 1 aliphatic heterocycles. The van der Waals surface area contributed by atoms with Crippen LogP contribution in [-0.2, 0) is 20.7 Å². The van der Waals surface area contributed by atoms with Gasteiger partial charge in [-0.05, 0) is 62.1 Å². The highest BCUT2D eigenvalue weighted by molar-refractivity contribution is 6.04. The summed E-state index contributed by atoms with van der Waals surface area (Å²) in [5.74, 6) is -1.20. The van der Waals surface area contributed by atoms with Gasteiger partial charge in [0.1, 0.15) is 0 Å². The summed E-state index contributed by atoms with van der Waals surface area (Å²) in [6.07, 6.45) is 0.